The maximum atomic E-state index is 11.5. The fourth-order valence-electron chi connectivity index (χ4n) is 1.48. The number of hydrogen-bond acceptors (Lipinski definition) is 5. The number of nitrogens with two attached hydrogens (primary N) is 1. The number of amides is 1. The van der Waals surface area contributed by atoms with Crippen LogP contribution in [0.15, 0.2) is 0 Å². The zero-order valence-corrected chi connectivity index (χ0v) is 9.40. The zero-order valence-electron chi connectivity index (χ0n) is 9.40. The van der Waals surface area contributed by atoms with Gasteiger partial charge in [-0.05, 0) is 19.8 Å². The average molecular weight is 230 g/mol. The second kappa shape index (κ2) is 6.44. The average Bonchev–Trinajstić information content (AvgIpc) is 2.29. The smallest absolute Gasteiger partial charge is 0.332 e. The summed E-state index contributed by atoms with van der Waals surface area (Å²) in [7, 11) is 0. The van der Waals surface area contributed by atoms with Gasteiger partial charge in [0.25, 0.3) is 0 Å². The van der Waals surface area contributed by atoms with Crippen LogP contribution in [-0.2, 0) is 19.1 Å². The lowest BCUT2D eigenvalue weighted by Gasteiger charge is -2.24. The lowest BCUT2D eigenvalue weighted by molar-refractivity contribution is -0.148. The fourth-order valence-corrected chi connectivity index (χ4v) is 1.48. The van der Waals surface area contributed by atoms with Crippen LogP contribution in [0.2, 0.25) is 0 Å². The summed E-state index contributed by atoms with van der Waals surface area (Å²) in [6.45, 7) is 3.07. The molecule has 6 nitrogen and oxygen atoms in total. The van der Waals surface area contributed by atoms with Crippen LogP contribution in [0.5, 0.6) is 0 Å². The van der Waals surface area contributed by atoms with Crippen LogP contribution in [-0.4, -0.2) is 43.8 Å². The molecular weight excluding hydrogens is 212 g/mol. The van der Waals surface area contributed by atoms with Crippen molar-refractivity contribution in [3.05, 3.63) is 0 Å². The van der Waals surface area contributed by atoms with E-state index in [1.54, 1.807) is 6.92 Å². The Morgan fingerprint density at radius 3 is 2.94 bits per heavy atom. The largest absolute Gasteiger partial charge is 0.464 e. The molecule has 1 heterocycles. The van der Waals surface area contributed by atoms with E-state index in [0.29, 0.717) is 6.61 Å². The molecular formula is C10H18N2O4. The van der Waals surface area contributed by atoms with Crippen molar-refractivity contribution < 1.29 is 19.1 Å². The number of hydrogen-bond donors (Lipinski definition) is 2. The topological polar surface area (TPSA) is 90.7 Å². The van der Waals surface area contributed by atoms with Gasteiger partial charge >= 0.3 is 5.97 Å². The maximum absolute atomic E-state index is 11.5. The molecule has 0 aromatic heterocycles. The van der Waals surface area contributed by atoms with Crippen molar-refractivity contribution in [2.75, 3.05) is 19.8 Å². The summed E-state index contributed by atoms with van der Waals surface area (Å²) in [5, 5.41) is 2.67. The highest BCUT2D eigenvalue weighted by molar-refractivity contribution is 6.01. The summed E-state index contributed by atoms with van der Waals surface area (Å²) >= 11 is 0. The number of ether oxygens (including phenoxy) is 2. The molecule has 0 aromatic rings. The molecule has 2 unspecified atom stereocenters. The SMILES string of the molecule is CCOC(=O)C(N)C(=O)NC1CCCOC1. The molecule has 92 valence electrons. The van der Waals surface area contributed by atoms with Crippen molar-refractivity contribution in [2.24, 2.45) is 5.73 Å². The molecule has 1 saturated heterocycles. The number of carbonyl (C=O) groups is 2. The van der Waals surface area contributed by atoms with E-state index in [4.69, 9.17) is 10.5 Å². The van der Waals surface area contributed by atoms with Gasteiger partial charge in [0.15, 0.2) is 6.04 Å². The van der Waals surface area contributed by atoms with E-state index < -0.39 is 17.9 Å². The van der Waals surface area contributed by atoms with Crippen molar-refractivity contribution in [1.82, 2.24) is 5.32 Å². The van der Waals surface area contributed by atoms with E-state index in [9.17, 15) is 9.59 Å². The summed E-state index contributed by atoms with van der Waals surface area (Å²) in [5.74, 6) is -1.20. The van der Waals surface area contributed by atoms with E-state index in [2.05, 4.69) is 10.1 Å². The Morgan fingerprint density at radius 2 is 2.38 bits per heavy atom. The molecule has 16 heavy (non-hydrogen) atoms. The van der Waals surface area contributed by atoms with Crippen molar-refractivity contribution in [3.8, 4) is 0 Å². The van der Waals surface area contributed by atoms with Crippen LogP contribution in [0.25, 0.3) is 0 Å². The second-order valence-corrected chi connectivity index (χ2v) is 3.65. The minimum Gasteiger partial charge on any atom is -0.464 e. The summed E-state index contributed by atoms with van der Waals surface area (Å²) in [5.41, 5.74) is 5.44. The molecule has 0 spiro atoms. The summed E-state index contributed by atoms with van der Waals surface area (Å²) in [4.78, 5) is 22.7. The molecule has 0 radical (unpaired) electrons. The number of esters is 1. The number of rotatable bonds is 4. The monoisotopic (exact) mass is 230 g/mol. The van der Waals surface area contributed by atoms with Crippen molar-refractivity contribution in [1.29, 1.82) is 0 Å². The molecule has 2 atom stereocenters. The zero-order chi connectivity index (χ0) is 12.0. The third kappa shape index (κ3) is 3.79. The van der Waals surface area contributed by atoms with Crippen LogP contribution in [0.3, 0.4) is 0 Å². The third-order valence-electron chi connectivity index (χ3n) is 2.33. The van der Waals surface area contributed by atoms with E-state index in [1.807, 2.05) is 0 Å². The van der Waals surface area contributed by atoms with Gasteiger partial charge in [-0.1, -0.05) is 0 Å². The third-order valence-corrected chi connectivity index (χ3v) is 2.33. The Morgan fingerprint density at radius 1 is 1.62 bits per heavy atom. The Hall–Kier alpha value is -1.14. The van der Waals surface area contributed by atoms with Gasteiger partial charge in [0, 0.05) is 6.61 Å². The van der Waals surface area contributed by atoms with Crippen LogP contribution >= 0.6 is 0 Å². The predicted molar refractivity (Wildman–Crippen MR) is 56.6 cm³/mol. The fraction of sp³-hybridized carbons (Fsp3) is 0.800. The first-order valence-corrected chi connectivity index (χ1v) is 5.45. The lowest BCUT2D eigenvalue weighted by atomic mass is 10.1. The van der Waals surface area contributed by atoms with Gasteiger partial charge in [-0.15, -0.1) is 0 Å². The van der Waals surface area contributed by atoms with Crippen molar-refractivity contribution >= 4 is 11.9 Å². The molecule has 1 amide bonds. The Labute approximate surface area is 94.5 Å². The highest BCUT2D eigenvalue weighted by Crippen LogP contribution is 2.05. The van der Waals surface area contributed by atoms with Gasteiger partial charge < -0.3 is 20.5 Å². The summed E-state index contributed by atoms with van der Waals surface area (Å²) in [6, 6.07) is -1.30. The standard InChI is InChI=1S/C10H18N2O4/c1-2-16-10(14)8(11)9(13)12-7-4-3-5-15-6-7/h7-8H,2-6,11H2,1H3,(H,12,13). The first-order valence-electron chi connectivity index (χ1n) is 5.45. The second-order valence-electron chi connectivity index (χ2n) is 3.65. The van der Waals surface area contributed by atoms with Crippen LogP contribution < -0.4 is 11.1 Å². The molecule has 0 aliphatic carbocycles. The highest BCUT2D eigenvalue weighted by atomic mass is 16.5. The molecule has 1 aliphatic heterocycles. The van der Waals surface area contributed by atoms with E-state index in [1.165, 1.54) is 0 Å². The molecule has 0 saturated carbocycles. The minimum absolute atomic E-state index is 0.0540. The normalized spacial score (nSPS) is 22.2. The predicted octanol–water partition coefficient (Wildman–Crippen LogP) is -0.828. The first kappa shape index (κ1) is 12.9. The molecule has 3 N–H and O–H groups in total. The molecule has 0 bridgehead atoms. The van der Waals surface area contributed by atoms with Crippen molar-refractivity contribution in [2.45, 2.75) is 31.8 Å². The molecule has 1 aliphatic rings. The number of carbonyl (C=O) groups excluding carboxylic acids is 2. The number of nitrogens with one attached hydrogen (secondary N) is 1. The summed E-state index contributed by atoms with van der Waals surface area (Å²) in [6.07, 6.45) is 1.75. The van der Waals surface area contributed by atoms with Crippen LogP contribution in [0.1, 0.15) is 19.8 Å². The van der Waals surface area contributed by atoms with Gasteiger partial charge in [0.2, 0.25) is 5.91 Å². The lowest BCUT2D eigenvalue weighted by Crippen LogP contribution is -2.51. The Bertz CT molecular complexity index is 251. The maximum Gasteiger partial charge on any atom is 0.332 e. The molecule has 0 aromatic carbocycles. The first-order chi connectivity index (χ1) is 7.65. The molecule has 1 rings (SSSR count). The van der Waals surface area contributed by atoms with Gasteiger partial charge in [-0.2, -0.15) is 0 Å². The Balaban J connectivity index is 2.35. The molecule has 1 fully saturated rings. The highest BCUT2D eigenvalue weighted by Gasteiger charge is 2.26. The van der Waals surface area contributed by atoms with Gasteiger partial charge in [0.05, 0.1) is 19.3 Å². The summed E-state index contributed by atoms with van der Waals surface area (Å²) < 4.78 is 9.86. The van der Waals surface area contributed by atoms with Crippen LogP contribution in [0.4, 0.5) is 0 Å². The van der Waals surface area contributed by atoms with E-state index in [-0.39, 0.29) is 12.6 Å². The van der Waals surface area contributed by atoms with E-state index in [0.717, 1.165) is 19.4 Å². The van der Waals surface area contributed by atoms with Crippen LogP contribution in [0, 0.1) is 0 Å². The molecule has 6 heteroatoms. The van der Waals surface area contributed by atoms with E-state index >= 15 is 0 Å². The quantitative estimate of drug-likeness (QED) is 0.486. The Kier molecular flexibility index (Phi) is 5.21. The van der Waals surface area contributed by atoms with Crippen molar-refractivity contribution in [3.63, 3.8) is 0 Å². The van der Waals surface area contributed by atoms with Gasteiger partial charge in [-0.3, -0.25) is 4.79 Å². The van der Waals surface area contributed by atoms with Gasteiger partial charge in [-0.25, -0.2) is 4.79 Å². The minimum atomic E-state index is -1.25. The van der Waals surface area contributed by atoms with Gasteiger partial charge in [0.1, 0.15) is 0 Å².